The first kappa shape index (κ1) is 17.1. The molecule has 3 aromatic rings. The molecule has 0 atom stereocenters. The number of amides is 1. The van der Waals surface area contributed by atoms with Gasteiger partial charge in [0.1, 0.15) is 10.8 Å². The maximum absolute atomic E-state index is 12.3. The van der Waals surface area contributed by atoms with Crippen LogP contribution in [0.25, 0.3) is 0 Å². The van der Waals surface area contributed by atoms with Crippen LogP contribution in [-0.2, 0) is 6.54 Å². The van der Waals surface area contributed by atoms with Crippen LogP contribution in [0, 0.1) is 13.8 Å². The molecule has 0 unspecified atom stereocenters. The molecule has 0 saturated carbocycles. The van der Waals surface area contributed by atoms with Gasteiger partial charge in [-0.05, 0) is 38.1 Å². The molecule has 0 bridgehead atoms. The highest BCUT2D eigenvalue weighted by Crippen LogP contribution is 2.17. The minimum absolute atomic E-state index is 0.166. The van der Waals surface area contributed by atoms with E-state index in [0.717, 1.165) is 27.8 Å². The number of nitrogens with one attached hydrogen (secondary N) is 1. The van der Waals surface area contributed by atoms with E-state index in [0.29, 0.717) is 12.1 Å². The topological polar surface area (TPSA) is 58.1 Å². The van der Waals surface area contributed by atoms with Gasteiger partial charge in [0.15, 0.2) is 0 Å². The summed E-state index contributed by atoms with van der Waals surface area (Å²) in [5.41, 5.74) is 3.49. The first-order valence-corrected chi connectivity index (χ1v) is 8.85. The molecule has 2 aromatic heterocycles. The Morgan fingerprint density at radius 3 is 2.52 bits per heavy atom. The number of hydrogen-bond acceptors (Lipinski definition) is 5. The fourth-order valence-electron chi connectivity index (χ4n) is 2.35. The van der Waals surface area contributed by atoms with Crippen molar-refractivity contribution in [2.75, 3.05) is 17.3 Å². The number of nitrogens with zero attached hydrogens (tertiary/aromatic N) is 3. The van der Waals surface area contributed by atoms with Gasteiger partial charge < -0.3 is 10.2 Å². The lowest BCUT2D eigenvalue weighted by Crippen LogP contribution is -2.18. The lowest BCUT2D eigenvalue weighted by Gasteiger charge is -2.16. The van der Waals surface area contributed by atoms with Crippen molar-refractivity contribution >= 4 is 28.7 Å². The van der Waals surface area contributed by atoms with Crippen LogP contribution in [0.2, 0.25) is 0 Å². The number of aryl methyl sites for hydroxylation is 2. The number of carbonyl (C=O) groups is 1. The second kappa shape index (κ2) is 7.44. The zero-order chi connectivity index (χ0) is 17.8. The molecule has 1 amide bonds. The Labute approximate surface area is 151 Å². The van der Waals surface area contributed by atoms with Crippen molar-refractivity contribution in [1.82, 2.24) is 9.97 Å². The molecule has 2 heterocycles. The molecular formula is C19H20N4OS. The molecule has 5 nitrogen and oxygen atoms in total. The molecule has 1 N–H and O–H groups in total. The van der Waals surface area contributed by atoms with Gasteiger partial charge in [0.25, 0.3) is 5.91 Å². The molecule has 0 spiro atoms. The summed E-state index contributed by atoms with van der Waals surface area (Å²) in [7, 11) is 1.96. The first-order valence-electron chi connectivity index (χ1n) is 7.97. The maximum atomic E-state index is 12.3. The van der Waals surface area contributed by atoms with Crippen molar-refractivity contribution in [3.8, 4) is 0 Å². The summed E-state index contributed by atoms with van der Waals surface area (Å²) in [5.74, 6) is 0.640. The number of benzene rings is 1. The highest BCUT2D eigenvalue weighted by molar-refractivity contribution is 7.09. The Morgan fingerprint density at radius 1 is 1.16 bits per heavy atom. The number of hydrogen-bond donors (Lipinski definition) is 1. The third kappa shape index (κ3) is 4.42. The average Bonchev–Trinajstić information content (AvgIpc) is 3.02. The molecule has 0 aliphatic carbocycles. The number of aromatic nitrogens is 2. The zero-order valence-electron chi connectivity index (χ0n) is 14.5. The van der Waals surface area contributed by atoms with Crippen molar-refractivity contribution in [2.24, 2.45) is 0 Å². The van der Waals surface area contributed by atoms with Crippen molar-refractivity contribution < 1.29 is 4.79 Å². The largest absolute Gasteiger partial charge is 0.353 e. The van der Waals surface area contributed by atoms with Crippen molar-refractivity contribution in [3.05, 3.63) is 69.8 Å². The Bertz CT molecular complexity index is 856. The van der Waals surface area contributed by atoms with Crippen molar-refractivity contribution in [2.45, 2.75) is 20.4 Å². The fraction of sp³-hybridized carbons (Fsp3) is 0.211. The van der Waals surface area contributed by atoms with Crippen LogP contribution in [-0.4, -0.2) is 22.9 Å². The summed E-state index contributed by atoms with van der Waals surface area (Å²) < 4.78 is 0. The van der Waals surface area contributed by atoms with E-state index >= 15 is 0 Å². The second-order valence-electron chi connectivity index (χ2n) is 5.96. The minimum atomic E-state index is -0.166. The lowest BCUT2D eigenvalue weighted by atomic mass is 10.2. The molecule has 25 heavy (non-hydrogen) atoms. The van der Waals surface area contributed by atoms with Crippen LogP contribution >= 0.6 is 11.3 Å². The van der Waals surface area contributed by atoms with Crippen LogP contribution in [0.5, 0.6) is 0 Å². The standard InChI is InChI=1S/C19H20N4OS/c1-13-4-7-16(8-5-13)22-19(24)15-6-9-17(20-10-15)23(3)11-18-21-14(2)12-25-18/h4-10,12H,11H2,1-3H3,(H,22,24). The molecule has 6 heteroatoms. The summed E-state index contributed by atoms with van der Waals surface area (Å²) >= 11 is 1.64. The van der Waals surface area contributed by atoms with Gasteiger partial charge in [0.2, 0.25) is 0 Å². The second-order valence-corrected chi connectivity index (χ2v) is 6.91. The Balaban J connectivity index is 1.64. The predicted octanol–water partition coefficient (Wildman–Crippen LogP) is 4.04. The van der Waals surface area contributed by atoms with Gasteiger partial charge in [0.05, 0.1) is 12.1 Å². The van der Waals surface area contributed by atoms with Gasteiger partial charge in [0, 0.05) is 30.0 Å². The Kier molecular flexibility index (Phi) is 5.09. The normalized spacial score (nSPS) is 10.5. The number of thiazole rings is 1. The summed E-state index contributed by atoms with van der Waals surface area (Å²) in [4.78, 5) is 23.2. The van der Waals surface area contributed by atoms with Crippen molar-refractivity contribution in [1.29, 1.82) is 0 Å². The van der Waals surface area contributed by atoms with E-state index in [1.54, 1.807) is 23.6 Å². The lowest BCUT2D eigenvalue weighted by molar-refractivity contribution is 0.102. The highest BCUT2D eigenvalue weighted by atomic mass is 32.1. The van der Waals surface area contributed by atoms with E-state index in [9.17, 15) is 4.79 Å². The van der Waals surface area contributed by atoms with Gasteiger partial charge in [-0.15, -0.1) is 11.3 Å². The molecule has 0 saturated heterocycles. The summed E-state index contributed by atoms with van der Waals surface area (Å²) in [6, 6.07) is 11.3. The van der Waals surface area contributed by atoms with E-state index in [1.165, 1.54) is 0 Å². The van der Waals surface area contributed by atoms with Gasteiger partial charge in [-0.1, -0.05) is 17.7 Å². The molecular weight excluding hydrogens is 332 g/mol. The van der Waals surface area contributed by atoms with E-state index in [2.05, 4.69) is 15.3 Å². The third-order valence-electron chi connectivity index (χ3n) is 3.75. The van der Waals surface area contributed by atoms with E-state index in [-0.39, 0.29) is 5.91 Å². The molecule has 3 rings (SSSR count). The predicted molar refractivity (Wildman–Crippen MR) is 102 cm³/mol. The quantitative estimate of drug-likeness (QED) is 0.753. The van der Waals surface area contributed by atoms with Crippen LogP contribution in [0.4, 0.5) is 11.5 Å². The van der Waals surface area contributed by atoms with Gasteiger partial charge in [-0.25, -0.2) is 9.97 Å². The number of carbonyl (C=O) groups excluding carboxylic acids is 1. The zero-order valence-corrected chi connectivity index (χ0v) is 15.3. The average molecular weight is 352 g/mol. The summed E-state index contributed by atoms with van der Waals surface area (Å²) in [5, 5.41) is 5.96. The molecule has 1 aromatic carbocycles. The maximum Gasteiger partial charge on any atom is 0.257 e. The summed E-state index contributed by atoms with van der Waals surface area (Å²) in [6.07, 6.45) is 1.60. The third-order valence-corrected chi connectivity index (χ3v) is 4.70. The summed E-state index contributed by atoms with van der Waals surface area (Å²) in [6.45, 7) is 4.69. The van der Waals surface area contributed by atoms with Gasteiger partial charge in [-0.3, -0.25) is 4.79 Å². The van der Waals surface area contributed by atoms with Crippen molar-refractivity contribution in [3.63, 3.8) is 0 Å². The molecule has 0 fully saturated rings. The fourth-order valence-corrected chi connectivity index (χ4v) is 3.17. The van der Waals surface area contributed by atoms with Crippen LogP contribution in [0.1, 0.15) is 26.6 Å². The number of rotatable bonds is 5. The number of pyridine rings is 1. The molecule has 0 aliphatic rings. The Morgan fingerprint density at radius 2 is 1.92 bits per heavy atom. The first-order chi connectivity index (χ1) is 12.0. The molecule has 128 valence electrons. The van der Waals surface area contributed by atoms with Crippen LogP contribution in [0.15, 0.2) is 48.0 Å². The van der Waals surface area contributed by atoms with E-state index in [1.807, 2.05) is 61.5 Å². The van der Waals surface area contributed by atoms with E-state index < -0.39 is 0 Å². The Hall–Kier alpha value is -2.73. The van der Waals surface area contributed by atoms with Crippen LogP contribution in [0.3, 0.4) is 0 Å². The number of anilines is 2. The molecule has 0 aliphatic heterocycles. The minimum Gasteiger partial charge on any atom is -0.353 e. The SMILES string of the molecule is Cc1ccc(NC(=O)c2ccc(N(C)Cc3nc(C)cs3)nc2)cc1. The van der Waals surface area contributed by atoms with Gasteiger partial charge >= 0.3 is 0 Å². The smallest absolute Gasteiger partial charge is 0.257 e. The molecule has 0 radical (unpaired) electrons. The van der Waals surface area contributed by atoms with Crippen LogP contribution < -0.4 is 10.2 Å². The highest BCUT2D eigenvalue weighted by Gasteiger charge is 2.10. The van der Waals surface area contributed by atoms with E-state index in [4.69, 9.17) is 0 Å². The van der Waals surface area contributed by atoms with Gasteiger partial charge in [-0.2, -0.15) is 0 Å². The monoisotopic (exact) mass is 352 g/mol.